The van der Waals surface area contributed by atoms with E-state index in [-0.39, 0.29) is 12.3 Å². The summed E-state index contributed by atoms with van der Waals surface area (Å²) in [6, 6.07) is 5.74. The first-order valence-electron chi connectivity index (χ1n) is 5.12. The van der Waals surface area contributed by atoms with Crippen LogP contribution in [-0.4, -0.2) is 29.2 Å². The fraction of sp³-hybridized carbons (Fsp3) is 0.364. The maximum Gasteiger partial charge on any atom is 0.316 e. The van der Waals surface area contributed by atoms with Crippen LogP contribution in [0.1, 0.15) is 12.0 Å². The molecule has 0 saturated carbocycles. The molecule has 0 aliphatic carbocycles. The predicted molar refractivity (Wildman–Crippen MR) is 57.8 cm³/mol. The zero-order valence-electron chi connectivity index (χ0n) is 8.96. The van der Waals surface area contributed by atoms with Crippen molar-refractivity contribution in [2.45, 2.75) is 11.8 Å². The van der Waals surface area contributed by atoms with E-state index in [4.69, 9.17) is 4.74 Å². The van der Waals surface area contributed by atoms with Gasteiger partial charge in [-0.15, -0.1) is 0 Å². The molecule has 17 heavy (non-hydrogen) atoms. The van der Waals surface area contributed by atoms with Crippen molar-refractivity contribution in [3.05, 3.63) is 39.9 Å². The lowest BCUT2D eigenvalue weighted by molar-refractivity contribution is -0.384. The molecule has 6 nitrogen and oxygen atoms in total. The molecule has 6 heteroatoms. The molecule has 90 valence electrons. The number of nitro benzene ring substituents is 1. The molecule has 1 aromatic rings. The summed E-state index contributed by atoms with van der Waals surface area (Å²) in [6.45, 7) is 0.415. The van der Waals surface area contributed by atoms with Crippen molar-refractivity contribution < 1.29 is 19.6 Å². The number of rotatable bonds is 3. The molecule has 2 rings (SSSR count). The molecule has 1 aliphatic heterocycles. The number of nitro groups is 1. The average molecular weight is 237 g/mol. The molecule has 1 aliphatic rings. The lowest BCUT2D eigenvalue weighted by Crippen LogP contribution is -2.36. The standard InChI is InChI=1S/C11H11NO5/c13-10(14)11(4-5-17-7-11)8-2-1-3-9(6-8)12(15)16/h1-3,6H,4-5,7H2,(H,13,14). The number of hydrogen-bond acceptors (Lipinski definition) is 4. The van der Waals surface area contributed by atoms with Gasteiger partial charge < -0.3 is 9.84 Å². The highest BCUT2D eigenvalue weighted by molar-refractivity contribution is 5.82. The van der Waals surface area contributed by atoms with Crippen molar-refractivity contribution >= 4 is 11.7 Å². The van der Waals surface area contributed by atoms with E-state index in [1.807, 2.05) is 0 Å². The molecular formula is C11H11NO5. The van der Waals surface area contributed by atoms with Gasteiger partial charge in [0.25, 0.3) is 5.69 Å². The molecule has 0 aromatic heterocycles. The van der Waals surface area contributed by atoms with E-state index >= 15 is 0 Å². The van der Waals surface area contributed by atoms with Gasteiger partial charge in [0.15, 0.2) is 0 Å². The van der Waals surface area contributed by atoms with Crippen LogP contribution >= 0.6 is 0 Å². The maximum atomic E-state index is 11.4. The van der Waals surface area contributed by atoms with Gasteiger partial charge in [0, 0.05) is 18.7 Å². The van der Waals surface area contributed by atoms with E-state index in [1.165, 1.54) is 18.2 Å². The maximum absolute atomic E-state index is 11.4. The number of carboxylic acids is 1. The normalized spacial score (nSPS) is 23.5. The Hall–Kier alpha value is -1.95. The fourth-order valence-electron chi connectivity index (χ4n) is 2.00. The summed E-state index contributed by atoms with van der Waals surface area (Å²) in [5.41, 5.74) is -0.821. The second kappa shape index (κ2) is 4.14. The lowest BCUT2D eigenvalue weighted by atomic mass is 9.80. The zero-order valence-corrected chi connectivity index (χ0v) is 8.96. The van der Waals surface area contributed by atoms with Crippen LogP contribution in [0.2, 0.25) is 0 Å². The van der Waals surface area contributed by atoms with Crippen molar-refractivity contribution in [2.75, 3.05) is 13.2 Å². The summed E-state index contributed by atoms with van der Waals surface area (Å²) in [4.78, 5) is 21.5. The van der Waals surface area contributed by atoms with Gasteiger partial charge in [-0.25, -0.2) is 0 Å². The Morgan fingerprint density at radius 1 is 1.53 bits per heavy atom. The Labute approximate surface area is 97.0 Å². The minimum Gasteiger partial charge on any atom is -0.481 e. The summed E-state index contributed by atoms with van der Waals surface area (Å²) in [5.74, 6) is -1.00. The van der Waals surface area contributed by atoms with E-state index in [0.717, 1.165) is 0 Å². The number of non-ortho nitro benzene ring substituents is 1. The number of ether oxygens (including phenoxy) is 1. The number of carboxylic acid groups (broad SMARTS) is 1. The van der Waals surface area contributed by atoms with E-state index < -0.39 is 16.3 Å². The van der Waals surface area contributed by atoms with Gasteiger partial charge in [-0.05, 0) is 12.0 Å². The summed E-state index contributed by atoms with van der Waals surface area (Å²) in [6.07, 6.45) is 0.337. The van der Waals surface area contributed by atoms with Gasteiger partial charge in [-0.2, -0.15) is 0 Å². The number of benzene rings is 1. The van der Waals surface area contributed by atoms with Crippen LogP contribution in [0.15, 0.2) is 24.3 Å². The molecule has 0 radical (unpaired) electrons. The molecule has 0 spiro atoms. The number of nitrogens with zero attached hydrogens (tertiary/aromatic N) is 1. The molecular weight excluding hydrogens is 226 g/mol. The number of aliphatic carboxylic acids is 1. The molecule has 0 amide bonds. The van der Waals surface area contributed by atoms with Crippen LogP contribution in [0.4, 0.5) is 5.69 Å². The number of carbonyl (C=O) groups is 1. The van der Waals surface area contributed by atoms with Gasteiger partial charge in [-0.3, -0.25) is 14.9 Å². The highest BCUT2D eigenvalue weighted by atomic mass is 16.6. The van der Waals surface area contributed by atoms with Gasteiger partial charge in [0.2, 0.25) is 0 Å². The lowest BCUT2D eigenvalue weighted by Gasteiger charge is -2.22. The van der Waals surface area contributed by atoms with Crippen molar-refractivity contribution in [3.63, 3.8) is 0 Å². The van der Waals surface area contributed by atoms with Crippen LogP contribution in [0, 0.1) is 10.1 Å². The predicted octanol–water partition coefficient (Wildman–Crippen LogP) is 1.34. The largest absolute Gasteiger partial charge is 0.481 e. The third-order valence-corrected chi connectivity index (χ3v) is 3.04. The molecule has 1 atom stereocenters. The Morgan fingerprint density at radius 3 is 2.82 bits per heavy atom. The highest BCUT2D eigenvalue weighted by Gasteiger charge is 2.44. The summed E-state index contributed by atoms with van der Waals surface area (Å²) < 4.78 is 5.13. The van der Waals surface area contributed by atoms with E-state index in [9.17, 15) is 20.0 Å². The van der Waals surface area contributed by atoms with Gasteiger partial charge in [-0.1, -0.05) is 12.1 Å². The van der Waals surface area contributed by atoms with Crippen LogP contribution < -0.4 is 0 Å². The minimum atomic E-state index is -1.15. The second-order valence-electron chi connectivity index (χ2n) is 4.00. The summed E-state index contributed by atoms with van der Waals surface area (Å²) >= 11 is 0. The highest BCUT2D eigenvalue weighted by Crippen LogP contribution is 2.35. The van der Waals surface area contributed by atoms with Gasteiger partial charge in [0.05, 0.1) is 11.5 Å². The van der Waals surface area contributed by atoms with Crippen molar-refractivity contribution in [3.8, 4) is 0 Å². The van der Waals surface area contributed by atoms with Crippen molar-refractivity contribution in [1.82, 2.24) is 0 Å². The van der Waals surface area contributed by atoms with Crippen LogP contribution in [0.25, 0.3) is 0 Å². The fourth-order valence-corrected chi connectivity index (χ4v) is 2.00. The van der Waals surface area contributed by atoms with Crippen LogP contribution in [0.5, 0.6) is 0 Å². The first-order chi connectivity index (χ1) is 8.06. The third-order valence-electron chi connectivity index (χ3n) is 3.04. The van der Waals surface area contributed by atoms with Gasteiger partial charge >= 0.3 is 5.97 Å². The third kappa shape index (κ3) is 1.87. The SMILES string of the molecule is O=C(O)C1(c2cccc([N+](=O)[O-])c2)CCOC1. The summed E-state index contributed by atoms with van der Waals surface area (Å²) in [7, 11) is 0. The molecule has 1 aromatic carbocycles. The van der Waals surface area contributed by atoms with Crippen molar-refractivity contribution in [2.24, 2.45) is 0 Å². The molecule has 1 unspecified atom stereocenters. The second-order valence-corrected chi connectivity index (χ2v) is 4.00. The molecule has 1 fully saturated rings. The Balaban J connectivity index is 2.47. The van der Waals surface area contributed by atoms with Crippen molar-refractivity contribution in [1.29, 1.82) is 0 Å². The van der Waals surface area contributed by atoms with Gasteiger partial charge in [0.1, 0.15) is 5.41 Å². The molecule has 1 saturated heterocycles. The topological polar surface area (TPSA) is 89.7 Å². The van der Waals surface area contributed by atoms with E-state index in [1.54, 1.807) is 6.07 Å². The molecule has 0 bridgehead atoms. The Bertz CT molecular complexity index is 465. The monoisotopic (exact) mass is 237 g/mol. The summed E-state index contributed by atoms with van der Waals surface area (Å²) in [5, 5.41) is 20.0. The zero-order chi connectivity index (χ0) is 12.5. The molecule has 1 heterocycles. The molecule has 1 N–H and O–H groups in total. The Morgan fingerprint density at radius 2 is 2.29 bits per heavy atom. The first-order valence-corrected chi connectivity index (χ1v) is 5.12. The van der Waals surface area contributed by atoms with E-state index in [0.29, 0.717) is 18.6 Å². The average Bonchev–Trinajstić information content (AvgIpc) is 2.79. The van der Waals surface area contributed by atoms with Crippen LogP contribution in [0.3, 0.4) is 0 Å². The first kappa shape index (κ1) is 11.5. The number of hydrogen-bond donors (Lipinski definition) is 1. The Kier molecular flexibility index (Phi) is 2.81. The quantitative estimate of drug-likeness (QED) is 0.632. The van der Waals surface area contributed by atoms with Crippen LogP contribution in [-0.2, 0) is 14.9 Å². The van der Waals surface area contributed by atoms with E-state index in [2.05, 4.69) is 0 Å². The smallest absolute Gasteiger partial charge is 0.316 e. The minimum absolute atomic E-state index is 0.0590.